The summed E-state index contributed by atoms with van der Waals surface area (Å²) < 4.78 is 7.83. The van der Waals surface area contributed by atoms with E-state index in [0.29, 0.717) is 17.9 Å². The Morgan fingerprint density at radius 1 is 1.14 bits per heavy atom. The molecule has 2 aliphatic carbocycles. The highest BCUT2D eigenvalue weighted by Gasteiger charge is 2.50. The Balaban J connectivity index is 1.13. The molecule has 0 amide bonds. The number of nitrogens with zero attached hydrogens (tertiary/aromatic N) is 4. The van der Waals surface area contributed by atoms with Gasteiger partial charge in [-0.25, -0.2) is 4.98 Å². The van der Waals surface area contributed by atoms with Gasteiger partial charge in [0.1, 0.15) is 11.5 Å². The Morgan fingerprint density at radius 2 is 2.04 bits per heavy atom. The zero-order valence-electron chi connectivity index (χ0n) is 16.0. The van der Waals surface area contributed by atoms with Crippen LogP contribution in [-0.2, 0) is 18.4 Å². The molecule has 144 valence electrons. The van der Waals surface area contributed by atoms with Crippen molar-refractivity contribution in [3.8, 4) is 11.6 Å². The molecule has 28 heavy (non-hydrogen) atoms. The lowest BCUT2D eigenvalue weighted by atomic mass is 10.1. The molecule has 3 aromatic rings. The van der Waals surface area contributed by atoms with Crippen LogP contribution in [0.5, 0.6) is 0 Å². The van der Waals surface area contributed by atoms with Gasteiger partial charge in [-0.2, -0.15) is 4.98 Å². The fourth-order valence-corrected chi connectivity index (χ4v) is 4.50. The van der Waals surface area contributed by atoms with E-state index in [1.165, 1.54) is 24.8 Å². The molecule has 6 heteroatoms. The van der Waals surface area contributed by atoms with Crippen molar-refractivity contribution in [2.24, 2.45) is 0 Å². The van der Waals surface area contributed by atoms with E-state index in [2.05, 4.69) is 51.6 Å². The number of benzene rings is 1. The van der Waals surface area contributed by atoms with E-state index in [1.54, 1.807) is 0 Å². The zero-order valence-corrected chi connectivity index (χ0v) is 16.0. The highest BCUT2D eigenvalue weighted by molar-refractivity contribution is 5.46. The van der Waals surface area contributed by atoms with E-state index in [-0.39, 0.29) is 5.41 Å². The van der Waals surface area contributed by atoms with E-state index in [0.717, 1.165) is 49.7 Å². The van der Waals surface area contributed by atoms with Crippen LogP contribution in [0, 0.1) is 0 Å². The van der Waals surface area contributed by atoms with Crippen LogP contribution in [0.25, 0.3) is 11.6 Å². The number of hydrogen-bond donors (Lipinski definition) is 1. The predicted molar refractivity (Wildman–Crippen MR) is 105 cm³/mol. The number of aryl methyl sites for hydroxylation is 2. The van der Waals surface area contributed by atoms with Crippen molar-refractivity contribution in [2.75, 3.05) is 6.54 Å². The van der Waals surface area contributed by atoms with Gasteiger partial charge >= 0.3 is 0 Å². The molecular formula is C22H25N5O. The summed E-state index contributed by atoms with van der Waals surface area (Å²) in [7, 11) is 0. The minimum Gasteiger partial charge on any atom is -0.334 e. The fraction of sp³-hybridized carbons (Fsp3) is 0.500. The number of nitrogens with one attached hydrogen (secondary N) is 1. The second-order valence-electron chi connectivity index (χ2n) is 8.64. The number of rotatable bonds is 6. The van der Waals surface area contributed by atoms with Crippen LogP contribution in [0.3, 0.4) is 0 Å². The molecule has 2 saturated carbocycles. The summed E-state index contributed by atoms with van der Waals surface area (Å²) >= 11 is 0. The molecule has 0 spiro atoms. The van der Waals surface area contributed by atoms with Gasteiger partial charge in [0.2, 0.25) is 0 Å². The first-order valence-corrected chi connectivity index (χ1v) is 10.5. The molecule has 0 radical (unpaired) electrons. The van der Waals surface area contributed by atoms with E-state index in [9.17, 15) is 0 Å². The molecule has 6 rings (SSSR count). The molecule has 2 fully saturated rings. The van der Waals surface area contributed by atoms with Crippen LogP contribution < -0.4 is 5.32 Å². The van der Waals surface area contributed by atoms with E-state index in [4.69, 9.17) is 14.5 Å². The monoisotopic (exact) mass is 375 g/mol. The Morgan fingerprint density at radius 3 is 2.86 bits per heavy atom. The lowest BCUT2D eigenvalue weighted by Crippen LogP contribution is -2.30. The summed E-state index contributed by atoms with van der Waals surface area (Å²) in [6.07, 6.45) is 9.01. The minimum absolute atomic E-state index is 0.0466. The Hall–Kier alpha value is -2.47. The van der Waals surface area contributed by atoms with E-state index >= 15 is 0 Å². The standard InChI is InChI=1S/C22H25N5O/c1-2-6-15(7-3-1)16-12-17(16)23-14-22(9-10-22)21-25-20(28-26-21)18-13-27-11-5-4-8-19(27)24-18/h1-3,6-7,13,16-17,23H,4-5,8-12,14H2/t16-,17+/m1/s1. The Kier molecular flexibility index (Phi) is 3.69. The number of fused-ring (bicyclic) bond motifs is 1. The molecular weight excluding hydrogens is 350 g/mol. The third kappa shape index (κ3) is 2.87. The Bertz CT molecular complexity index is 964. The zero-order chi connectivity index (χ0) is 18.6. The van der Waals surface area contributed by atoms with Gasteiger partial charge in [0.25, 0.3) is 5.89 Å². The molecule has 1 N–H and O–H groups in total. The van der Waals surface area contributed by atoms with Gasteiger partial charge in [0, 0.05) is 43.1 Å². The van der Waals surface area contributed by atoms with Crippen LogP contribution >= 0.6 is 0 Å². The summed E-state index contributed by atoms with van der Waals surface area (Å²) in [5, 5.41) is 8.09. The van der Waals surface area contributed by atoms with Crippen LogP contribution in [0.2, 0.25) is 0 Å². The molecule has 1 aromatic carbocycles. The molecule has 6 nitrogen and oxygen atoms in total. The van der Waals surface area contributed by atoms with Crippen molar-refractivity contribution < 1.29 is 4.52 Å². The van der Waals surface area contributed by atoms with Crippen LogP contribution in [0.1, 0.15) is 55.2 Å². The van der Waals surface area contributed by atoms with Gasteiger partial charge in [-0.3, -0.25) is 0 Å². The molecule has 3 aliphatic rings. The lowest BCUT2D eigenvalue weighted by molar-refractivity contribution is 0.408. The molecule has 0 saturated heterocycles. The SMILES string of the molecule is c1ccc([C@H]2C[C@@H]2NCC2(c3noc(-c4cn5c(n4)CCCC5)n3)CC2)cc1. The average molecular weight is 375 g/mol. The van der Waals surface area contributed by atoms with Gasteiger partial charge in [0.15, 0.2) is 5.82 Å². The molecule has 0 bridgehead atoms. The summed E-state index contributed by atoms with van der Waals surface area (Å²) in [4.78, 5) is 9.46. The third-order valence-electron chi connectivity index (χ3n) is 6.60. The lowest BCUT2D eigenvalue weighted by Gasteiger charge is -2.11. The van der Waals surface area contributed by atoms with Crippen molar-refractivity contribution in [3.63, 3.8) is 0 Å². The maximum atomic E-state index is 5.60. The first kappa shape index (κ1) is 16.5. The fourth-order valence-electron chi connectivity index (χ4n) is 4.50. The topological polar surface area (TPSA) is 68.8 Å². The summed E-state index contributed by atoms with van der Waals surface area (Å²) in [6.45, 7) is 1.97. The van der Waals surface area contributed by atoms with Crippen molar-refractivity contribution in [1.29, 1.82) is 0 Å². The molecule has 3 heterocycles. The van der Waals surface area contributed by atoms with Crippen LogP contribution in [0.15, 0.2) is 41.1 Å². The minimum atomic E-state index is 0.0466. The van der Waals surface area contributed by atoms with Crippen molar-refractivity contribution in [3.05, 3.63) is 53.7 Å². The van der Waals surface area contributed by atoms with Crippen LogP contribution in [-0.4, -0.2) is 32.3 Å². The molecule has 1 aliphatic heterocycles. The number of imidazole rings is 1. The quantitative estimate of drug-likeness (QED) is 0.715. The normalized spacial score (nSPS) is 24.7. The third-order valence-corrected chi connectivity index (χ3v) is 6.60. The first-order valence-electron chi connectivity index (χ1n) is 10.5. The van der Waals surface area contributed by atoms with Gasteiger partial charge in [0.05, 0.1) is 0 Å². The summed E-state index contributed by atoms with van der Waals surface area (Å²) in [6, 6.07) is 11.4. The number of hydrogen-bond acceptors (Lipinski definition) is 5. The van der Waals surface area contributed by atoms with Gasteiger partial charge in [-0.1, -0.05) is 35.5 Å². The molecule has 0 unspecified atom stereocenters. The second kappa shape index (κ2) is 6.27. The summed E-state index contributed by atoms with van der Waals surface area (Å²) in [5.41, 5.74) is 2.31. The van der Waals surface area contributed by atoms with Crippen LogP contribution in [0.4, 0.5) is 0 Å². The molecule has 2 atom stereocenters. The number of aromatic nitrogens is 4. The first-order chi connectivity index (χ1) is 13.8. The largest absolute Gasteiger partial charge is 0.334 e. The second-order valence-corrected chi connectivity index (χ2v) is 8.64. The maximum Gasteiger partial charge on any atom is 0.278 e. The molecule has 2 aromatic heterocycles. The average Bonchev–Trinajstić information content (AvgIpc) is 3.59. The smallest absolute Gasteiger partial charge is 0.278 e. The Labute approximate surface area is 164 Å². The van der Waals surface area contributed by atoms with Gasteiger partial charge in [-0.15, -0.1) is 0 Å². The van der Waals surface area contributed by atoms with Crippen molar-refractivity contribution in [1.82, 2.24) is 25.0 Å². The van der Waals surface area contributed by atoms with E-state index in [1.807, 2.05) is 0 Å². The van der Waals surface area contributed by atoms with Gasteiger partial charge < -0.3 is 14.4 Å². The van der Waals surface area contributed by atoms with Gasteiger partial charge in [-0.05, 0) is 37.7 Å². The highest BCUT2D eigenvalue weighted by Crippen LogP contribution is 2.48. The van der Waals surface area contributed by atoms with Crippen molar-refractivity contribution >= 4 is 0 Å². The van der Waals surface area contributed by atoms with Crippen molar-refractivity contribution in [2.45, 2.75) is 62.4 Å². The predicted octanol–water partition coefficient (Wildman–Crippen LogP) is 3.45. The highest BCUT2D eigenvalue weighted by atomic mass is 16.5. The van der Waals surface area contributed by atoms with E-state index < -0.39 is 0 Å². The maximum absolute atomic E-state index is 5.60. The summed E-state index contributed by atoms with van der Waals surface area (Å²) in [5.74, 6) is 3.20.